The van der Waals surface area contributed by atoms with Crippen LogP contribution in [0.3, 0.4) is 0 Å². The van der Waals surface area contributed by atoms with E-state index in [-0.39, 0.29) is 12.8 Å². The lowest BCUT2D eigenvalue weighted by Gasteiger charge is -2.44. The number of aliphatic hydroxyl groups excluding tert-OH is 3. The lowest BCUT2D eigenvalue weighted by Crippen LogP contribution is -2.64. The van der Waals surface area contributed by atoms with E-state index < -0.39 is 95.5 Å². The van der Waals surface area contributed by atoms with E-state index in [4.69, 9.17) is 15.0 Å². The lowest BCUT2D eigenvalue weighted by atomic mass is 9.97. The first-order valence-corrected chi connectivity index (χ1v) is 14.2. The number of H-pyrrole nitrogens is 1. The molecule has 2 aliphatic rings. The topological polar surface area (TPSA) is 320 Å². The number of nitrogens with zero attached hydrogens (tertiary/aromatic N) is 4. The van der Waals surface area contributed by atoms with Gasteiger partial charge < -0.3 is 44.4 Å². The number of azide groups is 1. The Hall–Kier alpha value is -2.48. The van der Waals surface area contributed by atoms with Gasteiger partial charge in [0.15, 0.2) is 6.29 Å². The summed E-state index contributed by atoms with van der Waals surface area (Å²) in [5.74, 6) is -1.06. The summed E-state index contributed by atoms with van der Waals surface area (Å²) in [7, 11) is -11.6. The van der Waals surface area contributed by atoms with Crippen LogP contribution < -0.4 is 26.4 Å². The monoisotopic (exact) mass is 614 g/mol. The fraction of sp³-hybridized carbons (Fsp3) is 0.706. The van der Waals surface area contributed by atoms with Crippen molar-refractivity contribution in [2.24, 2.45) is 5.11 Å². The van der Waals surface area contributed by atoms with Gasteiger partial charge in [-0.3, -0.25) is 32.8 Å². The molecule has 1 aromatic rings. The van der Waals surface area contributed by atoms with Crippen molar-refractivity contribution in [1.29, 1.82) is 0 Å². The van der Waals surface area contributed by atoms with Crippen molar-refractivity contribution in [3.8, 4) is 0 Å². The second-order valence-electron chi connectivity index (χ2n) is 8.37. The highest BCUT2D eigenvalue weighted by atomic mass is 31.3. The quantitative estimate of drug-likeness (QED) is 0.0658. The second-order valence-corrected chi connectivity index (χ2v) is 11.3. The number of carbonyl (C=O) groups excluding carboxylic acids is 1. The van der Waals surface area contributed by atoms with Crippen LogP contribution in [-0.4, -0.2) is 87.3 Å². The van der Waals surface area contributed by atoms with E-state index >= 15 is 0 Å². The molecule has 5 N–H and O–H groups in total. The van der Waals surface area contributed by atoms with Crippen LogP contribution in [0, 0.1) is 0 Å². The summed E-state index contributed by atoms with van der Waals surface area (Å²) >= 11 is 0. The minimum Gasteiger partial charge on any atom is -0.756 e. The Morgan fingerprint density at radius 1 is 1.25 bits per heavy atom. The van der Waals surface area contributed by atoms with E-state index in [1.807, 2.05) is 10.3 Å². The van der Waals surface area contributed by atoms with Gasteiger partial charge in [-0.1, -0.05) is 5.11 Å². The number of carbonyl (C=O) groups is 1. The smallest absolute Gasteiger partial charge is 0.330 e. The molecular formula is C17H24N6O15P2-2. The Kier molecular flexibility index (Phi) is 10.8. The van der Waals surface area contributed by atoms with Crippen LogP contribution in [-0.2, 0) is 36.8 Å². The van der Waals surface area contributed by atoms with Crippen LogP contribution in [0.5, 0.6) is 0 Å². The highest BCUT2D eigenvalue weighted by molar-refractivity contribution is 7.59. The van der Waals surface area contributed by atoms with Gasteiger partial charge in [0.05, 0.1) is 19.3 Å². The summed E-state index contributed by atoms with van der Waals surface area (Å²) in [4.78, 5) is 63.9. The summed E-state index contributed by atoms with van der Waals surface area (Å²) in [5.41, 5.74) is 6.91. The zero-order valence-corrected chi connectivity index (χ0v) is 21.9. The fourth-order valence-corrected chi connectivity index (χ4v) is 5.89. The third kappa shape index (κ3) is 8.51. The number of nitrogens with one attached hydrogen (secondary N) is 2. The molecule has 0 aliphatic carbocycles. The van der Waals surface area contributed by atoms with Crippen molar-refractivity contribution in [3.05, 3.63) is 43.5 Å². The average molecular weight is 614 g/mol. The van der Waals surface area contributed by atoms with Gasteiger partial charge >= 0.3 is 5.69 Å². The minimum atomic E-state index is -5.90. The van der Waals surface area contributed by atoms with Crippen LogP contribution in [0.1, 0.15) is 19.1 Å². The molecule has 2 saturated heterocycles. The number of hydrogen-bond donors (Lipinski definition) is 5. The van der Waals surface area contributed by atoms with Crippen molar-refractivity contribution in [3.63, 3.8) is 0 Å². The first kappa shape index (κ1) is 32.0. The van der Waals surface area contributed by atoms with E-state index in [0.29, 0.717) is 0 Å². The average Bonchev–Trinajstić information content (AvgIpc) is 3.34. The van der Waals surface area contributed by atoms with Crippen LogP contribution in [0.4, 0.5) is 0 Å². The molecular weight excluding hydrogens is 590 g/mol. The predicted molar refractivity (Wildman–Crippen MR) is 122 cm³/mol. The molecule has 40 heavy (non-hydrogen) atoms. The Morgan fingerprint density at radius 2 is 1.98 bits per heavy atom. The first-order valence-electron chi connectivity index (χ1n) is 11.3. The predicted octanol–water partition coefficient (Wildman–Crippen LogP) is -3.57. The Balaban J connectivity index is 1.62. The number of amides is 1. The molecule has 9 atom stereocenters. The van der Waals surface area contributed by atoms with Gasteiger partial charge in [0.1, 0.15) is 37.1 Å². The number of ether oxygens (including phenoxy) is 2. The van der Waals surface area contributed by atoms with Crippen molar-refractivity contribution < 1.29 is 61.9 Å². The van der Waals surface area contributed by atoms with Gasteiger partial charge in [-0.2, -0.15) is 0 Å². The molecule has 2 aliphatic heterocycles. The number of aromatic amines is 1. The standard InChI is InChI=1S/C17H26N6O15P2/c18-22-19-5-11(26)20-13-15(28)14(27)9(6-24)36-16(13)37-40(32,33)38-39(30,31)34-7-8-1-2-12(35-8)23-4-3-10(25)21-17(23)29/h3-4,8-9,12-16,24,27-28H,1-2,5-7H2,(H,20,26)(H,30,31)(H,32,33)(H,21,25,29)/p-2/t8-,9+,12+,13+,14-,15+,16+/m0/s1. The van der Waals surface area contributed by atoms with Gasteiger partial charge in [0.2, 0.25) is 5.91 Å². The number of phosphoric ester groups is 2. The Labute approximate surface area is 223 Å². The number of rotatable bonds is 12. The van der Waals surface area contributed by atoms with Crippen molar-refractivity contribution in [2.45, 2.75) is 55.8 Å². The molecule has 0 bridgehead atoms. The molecule has 1 aromatic heterocycles. The lowest BCUT2D eigenvalue weighted by molar-refractivity contribution is -0.285. The summed E-state index contributed by atoms with van der Waals surface area (Å²) in [6.45, 7) is -2.48. The summed E-state index contributed by atoms with van der Waals surface area (Å²) in [6, 6.07) is -0.786. The van der Waals surface area contributed by atoms with E-state index in [1.54, 1.807) is 0 Å². The molecule has 0 saturated carbocycles. The normalized spacial score (nSPS) is 31.5. The van der Waals surface area contributed by atoms with Gasteiger partial charge in [0, 0.05) is 17.2 Å². The summed E-state index contributed by atoms with van der Waals surface area (Å²) < 4.78 is 49.3. The third-order valence-electron chi connectivity index (χ3n) is 5.58. The van der Waals surface area contributed by atoms with E-state index in [1.165, 1.54) is 6.20 Å². The SMILES string of the molecule is [N-]=[N+]=NCC(=O)N[C@H]1[C@@H](OP(=O)([O-])OP(=O)([O-])OC[C@@H]2CC[C@H](n3ccc(=O)[nH]c3=O)O2)O[C@H](CO)[C@H](O)[C@@H]1O. The molecule has 0 aromatic carbocycles. The molecule has 2 unspecified atom stereocenters. The highest BCUT2D eigenvalue weighted by Crippen LogP contribution is 2.57. The maximum absolute atomic E-state index is 12.4. The van der Waals surface area contributed by atoms with Gasteiger partial charge in [-0.25, -0.2) is 9.11 Å². The molecule has 1 amide bonds. The zero-order valence-electron chi connectivity index (χ0n) is 20.2. The molecule has 2 fully saturated rings. The molecule has 21 nitrogen and oxygen atoms in total. The van der Waals surface area contributed by atoms with E-state index in [2.05, 4.69) is 23.4 Å². The largest absolute Gasteiger partial charge is 0.756 e. The second kappa shape index (κ2) is 13.5. The minimum absolute atomic E-state index is 0.178. The molecule has 3 heterocycles. The van der Waals surface area contributed by atoms with Gasteiger partial charge in [-0.05, 0) is 18.4 Å². The van der Waals surface area contributed by atoms with Crippen LogP contribution >= 0.6 is 15.6 Å². The zero-order chi connectivity index (χ0) is 29.7. The van der Waals surface area contributed by atoms with Crippen molar-refractivity contribution in [2.75, 3.05) is 19.8 Å². The van der Waals surface area contributed by atoms with E-state index in [0.717, 1.165) is 10.6 Å². The fourth-order valence-electron chi connectivity index (χ4n) is 3.79. The number of aromatic nitrogens is 2. The number of hydrogen-bond acceptors (Lipinski definition) is 16. The van der Waals surface area contributed by atoms with Crippen LogP contribution in [0.25, 0.3) is 10.4 Å². The maximum atomic E-state index is 12.4. The summed E-state index contributed by atoms with van der Waals surface area (Å²) in [6.07, 6.45) is -7.90. The van der Waals surface area contributed by atoms with E-state index in [9.17, 15) is 48.6 Å². The molecule has 23 heteroatoms. The van der Waals surface area contributed by atoms with Gasteiger partial charge in [0.25, 0.3) is 21.2 Å². The van der Waals surface area contributed by atoms with Crippen molar-refractivity contribution in [1.82, 2.24) is 14.9 Å². The maximum Gasteiger partial charge on any atom is 0.330 e. The molecule has 0 radical (unpaired) electrons. The number of aliphatic hydroxyl groups is 3. The van der Waals surface area contributed by atoms with Crippen molar-refractivity contribution >= 4 is 21.6 Å². The molecule has 224 valence electrons. The molecule has 0 spiro atoms. The molecule has 3 rings (SSSR count). The Bertz CT molecular complexity index is 1320. The Morgan fingerprint density at radius 3 is 2.62 bits per heavy atom. The summed E-state index contributed by atoms with van der Waals surface area (Å²) in [5, 5.41) is 34.6. The van der Waals surface area contributed by atoms with Gasteiger partial charge in [-0.15, -0.1) is 0 Å². The number of phosphoric acid groups is 2. The first-order chi connectivity index (χ1) is 18.7. The van der Waals surface area contributed by atoms with Crippen LogP contribution in [0.2, 0.25) is 0 Å². The van der Waals surface area contributed by atoms with Crippen LogP contribution in [0.15, 0.2) is 27.0 Å². The highest BCUT2D eigenvalue weighted by Gasteiger charge is 2.47. The third-order valence-corrected chi connectivity index (χ3v) is 8.12.